The standard InChI is InChI=1S/C40H70N3O2S2/c1-6-10-14-18-30-42(31-19-15-11-7-2)36-25-22-35(23-26-36)24-29-40-41(5)38-28-27-37(34-39(38)46-40)47(44,45)43(32-20-16-12-8-3)33-21-17-13-9-4/h22-26,29,37-39H,6-21,27-28,30-34H2,1-5H3/q+1. The van der Waals surface area contributed by atoms with Gasteiger partial charge in [-0.05, 0) is 74.1 Å². The van der Waals surface area contributed by atoms with Crippen LogP contribution in [-0.2, 0) is 10.0 Å². The van der Waals surface area contributed by atoms with Crippen molar-refractivity contribution in [3.63, 3.8) is 0 Å². The van der Waals surface area contributed by atoms with Crippen molar-refractivity contribution in [2.75, 3.05) is 38.1 Å². The lowest BCUT2D eigenvalue weighted by atomic mass is 9.94. The summed E-state index contributed by atoms with van der Waals surface area (Å²) in [4.78, 5) is 2.60. The first-order valence-electron chi connectivity index (χ1n) is 19.6. The number of sulfonamides is 1. The highest BCUT2D eigenvalue weighted by molar-refractivity contribution is 8.14. The fraction of sp³-hybridized carbons (Fsp3) is 0.775. The largest absolute Gasteiger partial charge is 0.372 e. The molecule has 268 valence electrons. The van der Waals surface area contributed by atoms with E-state index in [4.69, 9.17) is 0 Å². The molecule has 5 nitrogen and oxygen atoms in total. The third-order valence-electron chi connectivity index (χ3n) is 10.4. The van der Waals surface area contributed by atoms with Crippen LogP contribution in [0.25, 0.3) is 6.08 Å². The fourth-order valence-corrected chi connectivity index (χ4v) is 11.0. The Bertz CT molecular complexity index is 1140. The number of thioether (sulfide) groups is 1. The normalized spacial score (nSPS) is 20.1. The maximum absolute atomic E-state index is 14.0. The molecule has 3 unspecified atom stereocenters. The molecule has 0 aromatic heterocycles. The van der Waals surface area contributed by atoms with Gasteiger partial charge < -0.3 is 4.90 Å². The quantitative estimate of drug-likeness (QED) is 0.0758. The Morgan fingerprint density at radius 2 is 1.21 bits per heavy atom. The molecule has 0 radical (unpaired) electrons. The molecular formula is C40H70N3O2S2+. The van der Waals surface area contributed by atoms with Gasteiger partial charge in [0.1, 0.15) is 7.05 Å². The van der Waals surface area contributed by atoms with Gasteiger partial charge in [0.05, 0.1) is 10.5 Å². The maximum Gasteiger partial charge on any atom is 0.235 e. The number of nitrogens with zero attached hydrogens (tertiary/aromatic N) is 3. The van der Waals surface area contributed by atoms with Gasteiger partial charge in [-0.1, -0.05) is 117 Å². The van der Waals surface area contributed by atoms with Gasteiger partial charge in [-0.25, -0.2) is 17.3 Å². The van der Waals surface area contributed by atoms with E-state index < -0.39 is 10.0 Å². The van der Waals surface area contributed by atoms with Crippen LogP contribution in [0, 0.1) is 0 Å². The summed E-state index contributed by atoms with van der Waals surface area (Å²) in [6, 6.07) is 9.57. The summed E-state index contributed by atoms with van der Waals surface area (Å²) in [6.45, 7) is 12.7. The van der Waals surface area contributed by atoms with E-state index in [1.54, 1.807) is 0 Å². The first-order chi connectivity index (χ1) is 22.8. The van der Waals surface area contributed by atoms with Crippen molar-refractivity contribution in [3.8, 4) is 0 Å². The van der Waals surface area contributed by atoms with Gasteiger partial charge in [-0.2, -0.15) is 0 Å². The summed E-state index contributed by atoms with van der Waals surface area (Å²) in [6.07, 6.45) is 26.3. The average Bonchev–Trinajstić information content (AvgIpc) is 3.40. The molecule has 3 rings (SSSR count). The molecule has 1 fully saturated rings. The van der Waals surface area contributed by atoms with E-state index in [0.29, 0.717) is 24.4 Å². The highest BCUT2D eigenvalue weighted by Gasteiger charge is 2.48. The van der Waals surface area contributed by atoms with Crippen LogP contribution >= 0.6 is 11.8 Å². The zero-order valence-electron chi connectivity index (χ0n) is 30.9. The molecule has 1 aliphatic carbocycles. The van der Waals surface area contributed by atoms with E-state index in [-0.39, 0.29) is 5.25 Å². The van der Waals surface area contributed by atoms with Crippen molar-refractivity contribution >= 4 is 38.6 Å². The Morgan fingerprint density at radius 1 is 0.702 bits per heavy atom. The Hall–Kier alpha value is -1.31. The van der Waals surface area contributed by atoms with Crippen molar-refractivity contribution in [1.82, 2.24) is 4.31 Å². The predicted molar refractivity (Wildman–Crippen MR) is 209 cm³/mol. The lowest BCUT2D eigenvalue weighted by molar-refractivity contribution is -0.533. The fourth-order valence-electron chi connectivity index (χ4n) is 7.27. The molecule has 1 aromatic rings. The second-order valence-electron chi connectivity index (χ2n) is 14.2. The van der Waals surface area contributed by atoms with E-state index >= 15 is 0 Å². The molecule has 0 bridgehead atoms. The van der Waals surface area contributed by atoms with Gasteiger partial charge in [-0.15, -0.1) is 0 Å². The average molecular weight is 689 g/mol. The van der Waals surface area contributed by atoms with Crippen LogP contribution < -0.4 is 4.90 Å². The van der Waals surface area contributed by atoms with Crippen LogP contribution in [0.15, 0.2) is 30.3 Å². The molecule has 1 saturated carbocycles. The molecule has 7 heteroatoms. The summed E-state index contributed by atoms with van der Waals surface area (Å²) in [7, 11) is -1.08. The lowest BCUT2D eigenvalue weighted by Gasteiger charge is -2.32. The summed E-state index contributed by atoms with van der Waals surface area (Å²) in [5, 5.41) is 1.36. The summed E-state index contributed by atoms with van der Waals surface area (Å²) in [5.74, 6) is 0. The van der Waals surface area contributed by atoms with Gasteiger partial charge in [0.25, 0.3) is 0 Å². The van der Waals surface area contributed by atoms with Crippen LogP contribution in [0.4, 0.5) is 5.69 Å². The zero-order chi connectivity index (χ0) is 33.9. The second kappa shape index (κ2) is 22.4. The Morgan fingerprint density at radius 3 is 1.72 bits per heavy atom. The minimum absolute atomic E-state index is 0.246. The number of unbranched alkanes of at least 4 members (excludes halogenated alkanes) is 12. The summed E-state index contributed by atoms with van der Waals surface area (Å²) >= 11 is 1.90. The van der Waals surface area contributed by atoms with Crippen molar-refractivity contribution in [2.45, 2.75) is 166 Å². The van der Waals surface area contributed by atoms with Crippen molar-refractivity contribution in [3.05, 3.63) is 35.9 Å². The Labute approximate surface area is 295 Å². The Kier molecular flexibility index (Phi) is 19.1. The third-order valence-corrected chi connectivity index (χ3v) is 14.2. The van der Waals surface area contributed by atoms with Gasteiger partial charge in [-0.3, -0.25) is 0 Å². The van der Waals surface area contributed by atoms with Crippen LogP contribution in [0.5, 0.6) is 0 Å². The van der Waals surface area contributed by atoms with E-state index in [9.17, 15) is 8.42 Å². The lowest BCUT2D eigenvalue weighted by Crippen LogP contribution is -2.46. The van der Waals surface area contributed by atoms with Crippen molar-refractivity contribution in [2.24, 2.45) is 0 Å². The SMILES string of the molecule is CCCCCCN(CCCCCC)c1ccc(C=CC2=[N+](C)C3CCC(S(=O)(=O)N(CCCCCC)CCCCCC)CC3S2)cc1. The molecule has 2 aliphatic rings. The number of hydrogen-bond donors (Lipinski definition) is 0. The monoisotopic (exact) mass is 688 g/mol. The summed E-state index contributed by atoms with van der Waals surface area (Å²) < 4.78 is 32.3. The second-order valence-corrected chi connectivity index (χ2v) is 17.7. The molecule has 3 atom stereocenters. The smallest absolute Gasteiger partial charge is 0.235 e. The topological polar surface area (TPSA) is 43.6 Å². The molecule has 0 saturated heterocycles. The van der Waals surface area contributed by atoms with Gasteiger partial charge in [0, 0.05) is 44.4 Å². The highest BCUT2D eigenvalue weighted by atomic mass is 32.2. The number of rotatable bonds is 25. The molecule has 0 spiro atoms. The minimum atomic E-state index is -3.29. The van der Waals surface area contributed by atoms with Gasteiger partial charge in [0.2, 0.25) is 15.1 Å². The molecule has 0 amide bonds. The predicted octanol–water partition coefficient (Wildman–Crippen LogP) is 10.5. The van der Waals surface area contributed by atoms with Gasteiger partial charge >= 0.3 is 0 Å². The van der Waals surface area contributed by atoms with E-state index in [2.05, 4.69) is 80.6 Å². The molecule has 1 aliphatic heterocycles. The molecular weight excluding hydrogens is 619 g/mol. The first kappa shape index (κ1) is 40.1. The minimum Gasteiger partial charge on any atom is -0.372 e. The number of anilines is 1. The van der Waals surface area contributed by atoms with Crippen LogP contribution in [0.3, 0.4) is 0 Å². The van der Waals surface area contributed by atoms with Crippen molar-refractivity contribution in [1.29, 1.82) is 0 Å². The third kappa shape index (κ3) is 13.2. The van der Waals surface area contributed by atoms with Crippen molar-refractivity contribution < 1.29 is 13.0 Å². The van der Waals surface area contributed by atoms with Gasteiger partial charge in [0.15, 0.2) is 6.04 Å². The van der Waals surface area contributed by atoms with E-state index in [1.807, 2.05) is 16.1 Å². The van der Waals surface area contributed by atoms with Crippen LogP contribution in [0.1, 0.15) is 155 Å². The van der Waals surface area contributed by atoms with E-state index in [1.165, 1.54) is 93.3 Å². The van der Waals surface area contributed by atoms with Crippen LogP contribution in [-0.4, -0.2) is 72.1 Å². The summed E-state index contributed by atoms with van der Waals surface area (Å²) in [5.41, 5.74) is 2.57. The van der Waals surface area contributed by atoms with E-state index in [0.717, 1.165) is 58.0 Å². The molecule has 1 aromatic carbocycles. The Balaban J connectivity index is 1.60. The number of benzene rings is 1. The number of hydrogen-bond acceptors (Lipinski definition) is 4. The molecule has 0 N–H and O–H groups in total. The zero-order valence-corrected chi connectivity index (χ0v) is 32.6. The molecule has 1 heterocycles. The highest BCUT2D eigenvalue weighted by Crippen LogP contribution is 2.40. The first-order valence-corrected chi connectivity index (χ1v) is 22.0. The maximum atomic E-state index is 14.0. The number of fused-ring (bicyclic) bond motifs is 1. The van der Waals surface area contributed by atoms with Crippen LogP contribution in [0.2, 0.25) is 0 Å². The molecule has 47 heavy (non-hydrogen) atoms.